The molecule has 2 rings (SSSR count). The van der Waals surface area contributed by atoms with Crippen LogP contribution in [0.25, 0.3) is 0 Å². The minimum absolute atomic E-state index is 0.00944. The molecule has 1 saturated heterocycles. The molecule has 88 valence electrons. The number of aryl methyl sites for hydroxylation is 1. The SMILES string of the molecule is Cc1cc(NC(=O)C[NH+]2CCSCC2)no1. The lowest BCUT2D eigenvalue weighted by molar-refractivity contribution is -0.887. The molecule has 0 spiro atoms. The zero-order chi connectivity index (χ0) is 11.4. The van der Waals surface area contributed by atoms with Crippen LogP contribution in [0, 0.1) is 6.92 Å². The fraction of sp³-hybridized carbons (Fsp3) is 0.600. The molecule has 6 heteroatoms. The van der Waals surface area contributed by atoms with Crippen molar-refractivity contribution in [3.05, 3.63) is 11.8 Å². The first-order chi connectivity index (χ1) is 7.74. The summed E-state index contributed by atoms with van der Waals surface area (Å²) in [5, 5.41) is 6.47. The van der Waals surface area contributed by atoms with Gasteiger partial charge in [0.05, 0.1) is 13.1 Å². The van der Waals surface area contributed by atoms with Crippen molar-refractivity contribution < 1.29 is 14.2 Å². The molecule has 0 saturated carbocycles. The van der Waals surface area contributed by atoms with Crippen LogP contribution < -0.4 is 10.2 Å². The van der Waals surface area contributed by atoms with E-state index in [0.29, 0.717) is 18.1 Å². The number of hydrogen-bond acceptors (Lipinski definition) is 4. The maximum absolute atomic E-state index is 11.7. The molecule has 0 atom stereocenters. The van der Waals surface area contributed by atoms with Gasteiger partial charge in [-0.15, -0.1) is 0 Å². The topological polar surface area (TPSA) is 59.6 Å². The normalized spacial score (nSPS) is 17.3. The molecule has 2 N–H and O–H groups in total. The summed E-state index contributed by atoms with van der Waals surface area (Å²) in [6.07, 6.45) is 0. The molecule has 2 heterocycles. The Morgan fingerprint density at radius 1 is 1.62 bits per heavy atom. The van der Waals surface area contributed by atoms with Crippen molar-refractivity contribution in [2.24, 2.45) is 0 Å². The highest BCUT2D eigenvalue weighted by molar-refractivity contribution is 7.99. The van der Waals surface area contributed by atoms with Crippen LogP contribution in [0.1, 0.15) is 5.76 Å². The van der Waals surface area contributed by atoms with Crippen molar-refractivity contribution in [2.75, 3.05) is 36.5 Å². The van der Waals surface area contributed by atoms with Gasteiger partial charge in [0.25, 0.3) is 5.91 Å². The maximum Gasteiger partial charge on any atom is 0.280 e. The number of nitrogens with one attached hydrogen (secondary N) is 2. The first-order valence-electron chi connectivity index (χ1n) is 5.38. The number of carbonyl (C=O) groups is 1. The van der Waals surface area contributed by atoms with Gasteiger partial charge in [0.15, 0.2) is 12.4 Å². The Balaban J connectivity index is 1.79. The Kier molecular flexibility index (Phi) is 3.84. The fourth-order valence-electron chi connectivity index (χ4n) is 1.68. The first-order valence-corrected chi connectivity index (χ1v) is 6.54. The van der Waals surface area contributed by atoms with Crippen molar-refractivity contribution in [1.29, 1.82) is 0 Å². The second kappa shape index (κ2) is 5.36. The molecule has 1 aliphatic heterocycles. The number of rotatable bonds is 3. The molecule has 0 radical (unpaired) electrons. The van der Waals surface area contributed by atoms with E-state index in [2.05, 4.69) is 10.5 Å². The third kappa shape index (κ3) is 3.24. The molecule has 0 aromatic carbocycles. The van der Waals surface area contributed by atoms with Gasteiger partial charge >= 0.3 is 0 Å². The molecule has 1 aliphatic rings. The summed E-state index contributed by atoms with van der Waals surface area (Å²) in [6, 6.07) is 1.72. The average Bonchev–Trinajstić information content (AvgIpc) is 2.65. The largest absolute Gasteiger partial charge is 0.360 e. The lowest BCUT2D eigenvalue weighted by Gasteiger charge is -2.22. The predicted molar refractivity (Wildman–Crippen MR) is 62.8 cm³/mol. The quantitative estimate of drug-likeness (QED) is 0.754. The molecular weight excluding hydrogens is 226 g/mol. The minimum Gasteiger partial charge on any atom is -0.360 e. The summed E-state index contributed by atoms with van der Waals surface area (Å²) in [5.41, 5.74) is 0. The van der Waals surface area contributed by atoms with Crippen LogP contribution in [0.3, 0.4) is 0 Å². The molecule has 1 aromatic heterocycles. The van der Waals surface area contributed by atoms with E-state index < -0.39 is 0 Å². The number of carbonyl (C=O) groups excluding carboxylic acids is 1. The number of hydrogen-bond donors (Lipinski definition) is 2. The van der Waals surface area contributed by atoms with E-state index in [1.807, 2.05) is 11.8 Å². The third-order valence-corrected chi connectivity index (χ3v) is 3.49. The fourth-order valence-corrected chi connectivity index (χ4v) is 2.75. The molecule has 0 aliphatic carbocycles. The van der Waals surface area contributed by atoms with Gasteiger partial charge in [-0.3, -0.25) is 4.79 Å². The minimum atomic E-state index is 0.00944. The van der Waals surface area contributed by atoms with Crippen LogP contribution in [0.5, 0.6) is 0 Å². The van der Waals surface area contributed by atoms with Crippen molar-refractivity contribution in [3.63, 3.8) is 0 Å². The van der Waals surface area contributed by atoms with Crippen LogP contribution in [-0.4, -0.2) is 42.2 Å². The maximum atomic E-state index is 11.7. The van der Waals surface area contributed by atoms with Gasteiger partial charge in [-0.05, 0) is 6.92 Å². The Morgan fingerprint density at radius 2 is 2.38 bits per heavy atom. The third-order valence-electron chi connectivity index (χ3n) is 2.51. The summed E-state index contributed by atoms with van der Waals surface area (Å²) < 4.78 is 4.88. The van der Waals surface area contributed by atoms with Gasteiger partial charge in [0.1, 0.15) is 5.76 Å². The van der Waals surface area contributed by atoms with Crippen LogP contribution in [0.4, 0.5) is 5.82 Å². The van der Waals surface area contributed by atoms with Crippen molar-refractivity contribution in [3.8, 4) is 0 Å². The molecule has 16 heavy (non-hydrogen) atoms. The lowest BCUT2D eigenvalue weighted by atomic mass is 10.4. The van der Waals surface area contributed by atoms with E-state index in [4.69, 9.17) is 4.52 Å². The van der Waals surface area contributed by atoms with Crippen molar-refractivity contribution in [1.82, 2.24) is 5.16 Å². The Bertz CT molecular complexity index is 361. The van der Waals surface area contributed by atoms with Crippen LogP contribution >= 0.6 is 11.8 Å². The molecule has 0 bridgehead atoms. The summed E-state index contributed by atoms with van der Waals surface area (Å²) in [4.78, 5) is 13.0. The smallest absolute Gasteiger partial charge is 0.280 e. The van der Waals surface area contributed by atoms with E-state index >= 15 is 0 Å². The molecule has 1 fully saturated rings. The standard InChI is InChI=1S/C10H15N3O2S/c1-8-6-9(12-15-8)11-10(14)7-13-2-4-16-5-3-13/h6H,2-5,7H2,1H3,(H,11,12,14)/p+1. The van der Waals surface area contributed by atoms with E-state index in [9.17, 15) is 4.79 Å². The second-order valence-electron chi connectivity index (χ2n) is 3.91. The van der Waals surface area contributed by atoms with Gasteiger partial charge in [-0.2, -0.15) is 11.8 Å². The number of nitrogens with zero attached hydrogens (tertiary/aromatic N) is 1. The summed E-state index contributed by atoms with van der Waals surface area (Å²) >= 11 is 1.95. The van der Waals surface area contributed by atoms with E-state index in [0.717, 1.165) is 24.6 Å². The number of anilines is 1. The number of aromatic nitrogens is 1. The summed E-state index contributed by atoms with van der Waals surface area (Å²) in [7, 11) is 0. The molecule has 1 amide bonds. The second-order valence-corrected chi connectivity index (χ2v) is 5.13. The van der Waals surface area contributed by atoms with E-state index in [1.165, 1.54) is 4.90 Å². The lowest BCUT2D eigenvalue weighted by Crippen LogP contribution is -3.14. The monoisotopic (exact) mass is 242 g/mol. The molecule has 0 unspecified atom stereocenters. The predicted octanol–water partition coefficient (Wildman–Crippen LogP) is -0.447. The number of quaternary nitrogens is 1. The van der Waals surface area contributed by atoms with Gasteiger partial charge in [0, 0.05) is 17.6 Å². The van der Waals surface area contributed by atoms with Crippen molar-refractivity contribution in [2.45, 2.75) is 6.92 Å². The molecular formula is C10H16N3O2S+. The highest BCUT2D eigenvalue weighted by Crippen LogP contribution is 2.06. The Hall–Kier alpha value is -1.01. The van der Waals surface area contributed by atoms with E-state index in [1.54, 1.807) is 13.0 Å². The number of thioether (sulfide) groups is 1. The molecule has 1 aromatic rings. The van der Waals surface area contributed by atoms with Crippen LogP contribution in [-0.2, 0) is 4.79 Å². The van der Waals surface area contributed by atoms with Gasteiger partial charge in [0.2, 0.25) is 0 Å². The first kappa shape index (κ1) is 11.5. The van der Waals surface area contributed by atoms with Crippen molar-refractivity contribution >= 4 is 23.5 Å². The Labute approximate surface area is 98.5 Å². The zero-order valence-corrected chi connectivity index (χ0v) is 10.1. The van der Waals surface area contributed by atoms with Gasteiger partial charge in [-0.25, -0.2) is 0 Å². The Morgan fingerprint density at radius 3 is 3.00 bits per heavy atom. The van der Waals surface area contributed by atoms with E-state index in [-0.39, 0.29) is 5.91 Å². The zero-order valence-electron chi connectivity index (χ0n) is 9.28. The van der Waals surface area contributed by atoms with Gasteiger partial charge in [-0.1, -0.05) is 5.16 Å². The summed E-state index contributed by atoms with van der Waals surface area (Å²) in [5.74, 6) is 3.51. The highest BCUT2D eigenvalue weighted by Gasteiger charge is 2.18. The number of amides is 1. The van der Waals surface area contributed by atoms with Crippen LogP contribution in [0.2, 0.25) is 0 Å². The molecule has 5 nitrogen and oxygen atoms in total. The summed E-state index contributed by atoms with van der Waals surface area (Å²) in [6.45, 7) is 4.45. The van der Waals surface area contributed by atoms with Gasteiger partial charge < -0.3 is 14.7 Å². The highest BCUT2D eigenvalue weighted by atomic mass is 32.2. The van der Waals surface area contributed by atoms with Crippen LogP contribution in [0.15, 0.2) is 10.6 Å². The average molecular weight is 242 g/mol.